The van der Waals surface area contributed by atoms with Crippen molar-refractivity contribution in [2.45, 2.75) is 142 Å². The van der Waals surface area contributed by atoms with Crippen LogP contribution in [0.2, 0.25) is 0 Å². The van der Waals surface area contributed by atoms with Crippen molar-refractivity contribution in [3.63, 3.8) is 0 Å². The maximum atomic E-state index is 13.5. The molecule has 256 valence electrons. The second-order valence-corrected chi connectivity index (χ2v) is 16.7. The van der Waals surface area contributed by atoms with Gasteiger partial charge in [0.15, 0.2) is 6.29 Å². The predicted molar refractivity (Wildman–Crippen MR) is 169 cm³/mol. The van der Waals surface area contributed by atoms with Crippen LogP contribution in [0.4, 0.5) is 0 Å². The Morgan fingerprint density at radius 1 is 1.00 bits per heavy atom. The summed E-state index contributed by atoms with van der Waals surface area (Å²) in [6.07, 6.45) is 4.84. The largest absolute Gasteiger partial charge is 0.394 e. The minimum Gasteiger partial charge on any atom is -0.394 e. The summed E-state index contributed by atoms with van der Waals surface area (Å²) in [7, 11) is 0. The van der Waals surface area contributed by atoms with Gasteiger partial charge in [-0.3, -0.25) is 0 Å². The molecule has 0 amide bonds. The molecule has 45 heavy (non-hydrogen) atoms. The highest BCUT2D eigenvalue weighted by Gasteiger charge is 2.71. The number of aldehydes is 1. The van der Waals surface area contributed by atoms with Gasteiger partial charge in [0.25, 0.3) is 0 Å². The van der Waals surface area contributed by atoms with Crippen molar-refractivity contribution in [2.75, 3.05) is 6.61 Å². The molecule has 4 aliphatic carbocycles. The molecule has 1 saturated heterocycles. The Morgan fingerprint density at radius 3 is 2.31 bits per heavy atom. The molecule has 5 rings (SSSR count). The number of ether oxygens (including phenoxy) is 2. The zero-order valence-corrected chi connectivity index (χ0v) is 28.2. The normalized spacial score (nSPS) is 48.7. The van der Waals surface area contributed by atoms with Gasteiger partial charge < -0.3 is 44.9 Å². The van der Waals surface area contributed by atoms with Crippen LogP contribution in [0, 0.1) is 45.3 Å². The summed E-state index contributed by atoms with van der Waals surface area (Å²) in [6.45, 7) is 14.1. The minimum atomic E-state index is -1.53. The summed E-state index contributed by atoms with van der Waals surface area (Å²) in [5.41, 5.74) is -1.46. The second kappa shape index (κ2) is 12.1. The molecule has 0 aromatic carbocycles. The summed E-state index contributed by atoms with van der Waals surface area (Å²) < 4.78 is 12.0. The van der Waals surface area contributed by atoms with E-state index >= 15 is 0 Å². The van der Waals surface area contributed by atoms with E-state index in [0.717, 1.165) is 31.3 Å². The lowest BCUT2D eigenvalue weighted by Gasteiger charge is -2.66. The predicted octanol–water partition coefficient (Wildman–Crippen LogP) is 3.28. The molecule has 1 heterocycles. The molecule has 0 radical (unpaired) electrons. The van der Waals surface area contributed by atoms with E-state index in [0.29, 0.717) is 31.1 Å². The number of carbonyl (C=O) groups excluding carboxylic acids is 1. The molecule has 0 aromatic rings. The van der Waals surface area contributed by atoms with E-state index in [1.807, 2.05) is 26.0 Å². The topological polar surface area (TPSA) is 157 Å². The smallest absolute Gasteiger partial charge is 0.187 e. The number of carbonyl (C=O) groups is 1. The van der Waals surface area contributed by atoms with Crippen LogP contribution < -0.4 is 0 Å². The Kier molecular flexibility index (Phi) is 9.42. The summed E-state index contributed by atoms with van der Waals surface area (Å²) in [5.74, 6) is 0.577. The van der Waals surface area contributed by atoms with E-state index in [1.54, 1.807) is 13.8 Å². The second-order valence-electron chi connectivity index (χ2n) is 16.7. The molecule has 9 nitrogen and oxygen atoms in total. The lowest BCUT2D eigenvalue weighted by molar-refractivity contribution is -0.320. The summed E-state index contributed by atoms with van der Waals surface area (Å²) in [5, 5.41) is 63.1. The van der Waals surface area contributed by atoms with Crippen molar-refractivity contribution in [1.29, 1.82) is 0 Å². The lowest BCUT2D eigenvalue weighted by atomic mass is 9.38. The van der Waals surface area contributed by atoms with Crippen LogP contribution in [-0.4, -0.2) is 92.0 Å². The summed E-state index contributed by atoms with van der Waals surface area (Å²) in [4.78, 5) is 13.5. The maximum Gasteiger partial charge on any atom is 0.187 e. The average molecular weight is 635 g/mol. The third-order valence-corrected chi connectivity index (χ3v) is 13.5. The molecule has 4 fully saturated rings. The Hall–Kier alpha value is -1.17. The van der Waals surface area contributed by atoms with Crippen LogP contribution >= 0.6 is 0 Å². The fourth-order valence-corrected chi connectivity index (χ4v) is 10.9. The van der Waals surface area contributed by atoms with E-state index in [2.05, 4.69) is 26.8 Å². The van der Waals surface area contributed by atoms with Gasteiger partial charge >= 0.3 is 0 Å². The van der Waals surface area contributed by atoms with Gasteiger partial charge in [-0.2, -0.15) is 0 Å². The first-order chi connectivity index (χ1) is 20.9. The number of aliphatic hydroxyl groups excluding tert-OH is 5. The highest BCUT2D eigenvalue weighted by molar-refractivity contribution is 5.65. The minimum absolute atomic E-state index is 0.0442. The fourth-order valence-electron chi connectivity index (χ4n) is 10.9. The molecule has 0 aromatic heterocycles. The van der Waals surface area contributed by atoms with Gasteiger partial charge in [-0.15, -0.1) is 0 Å². The van der Waals surface area contributed by atoms with Gasteiger partial charge in [-0.25, -0.2) is 0 Å². The van der Waals surface area contributed by atoms with Crippen LogP contribution in [0.25, 0.3) is 0 Å². The molecule has 1 aliphatic heterocycles. The SMILES string of the molecule is C[C@H](C/C=C/C(C)(C)O)[C@H]1CC[C@@]2(C)[C@@H]3[C@@H](O)C=C4[C@@H](CC[C@H](O[C@@H]5O[C@H](CO)[C@@H](O)[C@H](O)[C@H]5O)C4(C)C)[C@]3(C=O)CC[C@]12C. The van der Waals surface area contributed by atoms with Crippen LogP contribution in [0.3, 0.4) is 0 Å². The standard InChI is InChI=1S/C36H58O9/c1-20(9-8-13-32(2,3)43)21-12-14-35(7)30-24(39)17-23-22(36(30,19-38)16-15-34(21,35)6)10-11-26(33(23,4)5)45-31-29(42)28(41)27(40)25(18-37)44-31/h8,13,17,19-22,24-31,37,39-43H,9-12,14-16,18H2,1-7H3/b13-8+/t20-,21-,22-,24+,25-,26+,27-,28+,29-,30+,31+,34-,35+,36-/m1/s1. The van der Waals surface area contributed by atoms with E-state index in [4.69, 9.17) is 9.47 Å². The first kappa shape index (κ1) is 35.1. The Morgan fingerprint density at radius 2 is 1.69 bits per heavy atom. The third kappa shape index (κ3) is 5.51. The number of rotatable bonds is 8. The monoisotopic (exact) mass is 634 g/mol. The van der Waals surface area contributed by atoms with Crippen LogP contribution in [-0.2, 0) is 14.3 Å². The average Bonchev–Trinajstić information content (AvgIpc) is 3.24. The Bertz CT molecular complexity index is 1160. The molecule has 5 aliphatic rings. The van der Waals surface area contributed by atoms with Crippen molar-refractivity contribution in [2.24, 2.45) is 45.3 Å². The van der Waals surface area contributed by atoms with Crippen LogP contribution in [0.1, 0.15) is 93.4 Å². The number of hydrogen-bond donors (Lipinski definition) is 6. The van der Waals surface area contributed by atoms with Gasteiger partial charge in [0.05, 0.1) is 24.4 Å². The maximum absolute atomic E-state index is 13.5. The van der Waals surface area contributed by atoms with E-state index < -0.39 is 66.0 Å². The van der Waals surface area contributed by atoms with Crippen LogP contribution in [0.15, 0.2) is 23.8 Å². The summed E-state index contributed by atoms with van der Waals surface area (Å²) >= 11 is 0. The lowest BCUT2D eigenvalue weighted by Crippen LogP contribution is -2.65. The van der Waals surface area contributed by atoms with Gasteiger partial charge in [0.1, 0.15) is 30.7 Å². The number of aliphatic hydroxyl groups is 6. The van der Waals surface area contributed by atoms with E-state index in [1.165, 1.54) is 6.29 Å². The molecule has 9 heteroatoms. The Balaban J connectivity index is 1.42. The summed E-state index contributed by atoms with van der Waals surface area (Å²) in [6, 6.07) is 0. The van der Waals surface area contributed by atoms with Crippen molar-refractivity contribution in [1.82, 2.24) is 0 Å². The molecular formula is C36H58O9. The molecule has 6 N–H and O–H groups in total. The van der Waals surface area contributed by atoms with Gasteiger partial charge in [0.2, 0.25) is 0 Å². The third-order valence-electron chi connectivity index (χ3n) is 13.5. The first-order valence-corrected chi connectivity index (χ1v) is 17.1. The highest BCUT2D eigenvalue weighted by atomic mass is 16.7. The zero-order chi connectivity index (χ0) is 33.3. The van der Waals surface area contributed by atoms with Crippen LogP contribution in [0.5, 0.6) is 0 Å². The van der Waals surface area contributed by atoms with Crippen molar-refractivity contribution in [3.8, 4) is 0 Å². The van der Waals surface area contributed by atoms with Gasteiger partial charge in [0, 0.05) is 16.7 Å². The molecule has 0 spiro atoms. The molecular weight excluding hydrogens is 576 g/mol. The Labute approximate surface area is 268 Å². The highest BCUT2D eigenvalue weighted by Crippen LogP contribution is 2.74. The van der Waals surface area contributed by atoms with Crippen molar-refractivity contribution < 1.29 is 44.9 Å². The van der Waals surface area contributed by atoms with Gasteiger partial charge in [-0.05, 0) is 87.4 Å². The number of fused-ring (bicyclic) bond motifs is 5. The molecule has 0 bridgehead atoms. The number of allylic oxidation sites excluding steroid dienone is 1. The zero-order valence-electron chi connectivity index (χ0n) is 28.2. The molecule has 14 atom stereocenters. The fraction of sp³-hybridized carbons (Fsp3) is 0.861. The molecule has 0 unspecified atom stereocenters. The molecule has 3 saturated carbocycles. The van der Waals surface area contributed by atoms with Crippen molar-refractivity contribution in [3.05, 3.63) is 23.8 Å². The van der Waals surface area contributed by atoms with E-state index in [9.17, 15) is 35.4 Å². The quantitative estimate of drug-likeness (QED) is 0.174. The number of hydrogen-bond acceptors (Lipinski definition) is 9. The van der Waals surface area contributed by atoms with Gasteiger partial charge in [-0.1, -0.05) is 58.4 Å². The van der Waals surface area contributed by atoms with E-state index in [-0.39, 0.29) is 22.7 Å². The van der Waals surface area contributed by atoms with Crippen molar-refractivity contribution >= 4 is 6.29 Å². The first-order valence-electron chi connectivity index (χ1n) is 17.1.